The van der Waals surface area contributed by atoms with E-state index in [2.05, 4.69) is 55.6 Å². The summed E-state index contributed by atoms with van der Waals surface area (Å²) in [5, 5.41) is 15.2. The molecule has 2 heterocycles. The molecule has 152 valence electrons. The first-order chi connectivity index (χ1) is 14.4. The van der Waals surface area contributed by atoms with Crippen LogP contribution in [0, 0.1) is 13.8 Å². The standard InChI is InChI=1S/C24H23N3O3/c1-14-3-7-18-16(11-14)5-6-17-12-15(2)4-8-19(17)21(18)27-13-25-24(30)22-23(29)20(28)9-10-26(22)27/h3-4,7-12,21,29H,5-6,13H2,1-2H3,(H,25,30). The van der Waals surface area contributed by atoms with Gasteiger partial charge in [-0.3, -0.25) is 19.3 Å². The zero-order valence-corrected chi connectivity index (χ0v) is 17.0. The Hall–Kier alpha value is -3.54. The first-order valence-electron chi connectivity index (χ1n) is 10.1. The predicted octanol–water partition coefficient (Wildman–Crippen LogP) is 2.70. The molecule has 0 radical (unpaired) electrons. The third-order valence-electron chi connectivity index (χ3n) is 6.10. The van der Waals surface area contributed by atoms with Crippen LogP contribution in [0.3, 0.4) is 0 Å². The first kappa shape index (κ1) is 18.5. The second kappa shape index (κ2) is 6.76. The average molecular weight is 401 g/mol. The highest BCUT2D eigenvalue weighted by Crippen LogP contribution is 2.37. The van der Waals surface area contributed by atoms with Crippen LogP contribution in [0.5, 0.6) is 5.75 Å². The summed E-state index contributed by atoms with van der Waals surface area (Å²) in [5.41, 5.74) is 6.72. The minimum absolute atomic E-state index is 0.0275. The number of aryl methyl sites for hydroxylation is 4. The number of fused-ring (bicyclic) bond motifs is 3. The molecule has 1 amide bonds. The van der Waals surface area contributed by atoms with Crippen molar-refractivity contribution in [2.75, 3.05) is 11.7 Å². The third-order valence-corrected chi connectivity index (χ3v) is 6.10. The molecule has 1 aliphatic heterocycles. The van der Waals surface area contributed by atoms with E-state index in [9.17, 15) is 14.7 Å². The number of hydrogen-bond acceptors (Lipinski definition) is 4. The second-order valence-corrected chi connectivity index (χ2v) is 8.13. The second-order valence-electron chi connectivity index (χ2n) is 8.13. The van der Waals surface area contributed by atoms with Crippen molar-refractivity contribution >= 4 is 5.91 Å². The van der Waals surface area contributed by atoms with Crippen molar-refractivity contribution in [3.8, 4) is 5.75 Å². The number of aromatic nitrogens is 1. The average Bonchev–Trinajstić information content (AvgIpc) is 2.87. The van der Waals surface area contributed by atoms with E-state index in [1.54, 1.807) is 10.9 Å². The van der Waals surface area contributed by atoms with Gasteiger partial charge in [-0.2, -0.15) is 0 Å². The summed E-state index contributed by atoms with van der Waals surface area (Å²) < 4.78 is 1.62. The molecule has 0 saturated heterocycles. The lowest BCUT2D eigenvalue weighted by Gasteiger charge is -2.40. The molecule has 0 bridgehead atoms. The highest BCUT2D eigenvalue weighted by molar-refractivity contribution is 5.96. The minimum atomic E-state index is -0.564. The van der Waals surface area contributed by atoms with Crippen LogP contribution in [0.2, 0.25) is 0 Å². The topological polar surface area (TPSA) is 74.6 Å². The van der Waals surface area contributed by atoms with Crippen LogP contribution < -0.4 is 15.8 Å². The molecule has 30 heavy (non-hydrogen) atoms. The van der Waals surface area contributed by atoms with Gasteiger partial charge in [0.1, 0.15) is 6.67 Å². The molecule has 5 rings (SSSR count). The van der Waals surface area contributed by atoms with Crippen molar-refractivity contribution < 1.29 is 9.90 Å². The quantitative estimate of drug-likeness (QED) is 0.658. The highest BCUT2D eigenvalue weighted by Gasteiger charge is 2.34. The van der Waals surface area contributed by atoms with Crippen LogP contribution in [0.25, 0.3) is 0 Å². The van der Waals surface area contributed by atoms with Crippen molar-refractivity contribution in [2.45, 2.75) is 32.7 Å². The summed E-state index contributed by atoms with van der Waals surface area (Å²) >= 11 is 0. The van der Waals surface area contributed by atoms with Crippen LogP contribution in [-0.4, -0.2) is 22.4 Å². The Bertz CT molecular complexity index is 1190. The number of pyridine rings is 1. The van der Waals surface area contributed by atoms with Crippen LogP contribution >= 0.6 is 0 Å². The van der Waals surface area contributed by atoms with E-state index in [1.807, 2.05) is 5.01 Å². The molecular formula is C24H23N3O3. The first-order valence-corrected chi connectivity index (χ1v) is 10.1. The van der Waals surface area contributed by atoms with Gasteiger partial charge < -0.3 is 10.4 Å². The fraction of sp³-hybridized carbons (Fsp3) is 0.250. The number of nitrogens with one attached hydrogen (secondary N) is 1. The number of carbonyl (C=O) groups excluding carboxylic acids is 1. The summed E-state index contributed by atoms with van der Waals surface area (Å²) in [5.74, 6) is -0.982. The Labute approximate surface area is 174 Å². The van der Waals surface area contributed by atoms with E-state index in [-0.39, 0.29) is 18.4 Å². The minimum Gasteiger partial charge on any atom is -0.502 e. The van der Waals surface area contributed by atoms with Gasteiger partial charge in [0.25, 0.3) is 5.91 Å². The molecule has 1 aromatic heterocycles. The molecule has 6 nitrogen and oxygen atoms in total. The Morgan fingerprint density at radius 3 is 2.13 bits per heavy atom. The van der Waals surface area contributed by atoms with Crippen molar-refractivity contribution in [3.05, 3.63) is 98.0 Å². The van der Waals surface area contributed by atoms with E-state index in [0.717, 1.165) is 12.8 Å². The summed E-state index contributed by atoms with van der Waals surface area (Å²) in [6.07, 6.45) is 3.45. The SMILES string of the molecule is Cc1ccc2c(c1)CCc1cc(C)ccc1C2N1CNC(=O)c2c(O)c(=O)ccn21. The Morgan fingerprint density at radius 1 is 0.933 bits per heavy atom. The van der Waals surface area contributed by atoms with Gasteiger partial charge in [-0.25, -0.2) is 0 Å². The maximum atomic E-state index is 12.5. The molecule has 1 aliphatic carbocycles. The number of carbonyl (C=O) groups is 1. The number of benzene rings is 2. The lowest BCUT2D eigenvalue weighted by molar-refractivity contribution is 0.0915. The van der Waals surface area contributed by atoms with Crippen molar-refractivity contribution in [2.24, 2.45) is 0 Å². The number of hydrogen-bond donors (Lipinski definition) is 2. The normalized spacial score (nSPS) is 15.7. The van der Waals surface area contributed by atoms with Crippen LogP contribution in [0.1, 0.15) is 49.9 Å². The molecule has 0 spiro atoms. The highest BCUT2D eigenvalue weighted by atomic mass is 16.3. The van der Waals surface area contributed by atoms with E-state index < -0.39 is 17.1 Å². The van der Waals surface area contributed by atoms with E-state index in [0.29, 0.717) is 0 Å². The van der Waals surface area contributed by atoms with Gasteiger partial charge in [-0.1, -0.05) is 47.5 Å². The summed E-state index contributed by atoms with van der Waals surface area (Å²) in [6.45, 7) is 4.45. The molecule has 0 unspecified atom stereocenters. The molecule has 2 N–H and O–H groups in total. The fourth-order valence-electron chi connectivity index (χ4n) is 4.66. The van der Waals surface area contributed by atoms with Crippen LogP contribution in [-0.2, 0) is 12.8 Å². The Kier molecular flexibility index (Phi) is 4.17. The van der Waals surface area contributed by atoms with Gasteiger partial charge in [0.2, 0.25) is 5.43 Å². The lowest BCUT2D eigenvalue weighted by atomic mass is 9.92. The molecule has 2 aliphatic rings. The molecule has 6 heteroatoms. The molecule has 0 saturated carbocycles. The molecular weight excluding hydrogens is 378 g/mol. The van der Waals surface area contributed by atoms with E-state index in [1.165, 1.54) is 39.4 Å². The van der Waals surface area contributed by atoms with Crippen molar-refractivity contribution in [3.63, 3.8) is 0 Å². The fourth-order valence-corrected chi connectivity index (χ4v) is 4.66. The maximum Gasteiger partial charge on any atom is 0.275 e. The van der Waals surface area contributed by atoms with Gasteiger partial charge in [0.15, 0.2) is 11.4 Å². The maximum absolute atomic E-state index is 12.5. The predicted molar refractivity (Wildman–Crippen MR) is 115 cm³/mol. The zero-order chi connectivity index (χ0) is 21.0. The van der Waals surface area contributed by atoms with Gasteiger partial charge in [0, 0.05) is 12.3 Å². The Morgan fingerprint density at radius 2 is 1.53 bits per heavy atom. The van der Waals surface area contributed by atoms with Crippen molar-refractivity contribution in [1.29, 1.82) is 0 Å². The lowest BCUT2D eigenvalue weighted by Crippen LogP contribution is -2.53. The van der Waals surface area contributed by atoms with Gasteiger partial charge in [-0.15, -0.1) is 0 Å². The molecule has 0 fully saturated rings. The van der Waals surface area contributed by atoms with Gasteiger partial charge >= 0.3 is 0 Å². The van der Waals surface area contributed by atoms with E-state index >= 15 is 0 Å². The number of nitrogens with zero attached hydrogens (tertiary/aromatic N) is 2. The molecule has 0 atom stereocenters. The number of amides is 1. The van der Waals surface area contributed by atoms with Gasteiger partial charge in [-0.05, 0) is 48.9 Å². The zero-order valence-electron chi connectivity index (χ0n) is 17.0. The summed E-state index contributed by atoms with van der Waals surface area (Å²) in [6, 6.07) is 14.1. The van der Waals surface area contributed by atoms with E-state index in [4.69, 9.17) is 0 Å². The summed E-state index contributed by atoms with van der Waals surface area (Å²) in [4.78, 5) is 24.5. The smallest absolute Gasteiger partial charge is 0.275 e. The van der Waals surface area contributed by atoms with Gasteiger partial charge in [0.05, 0.1) is 6.04 Å². The molecule has 2 aromatic carbocycles. The summed E-state index contributed by atoms with van der Waals surface area (Å²) in [7, 11) is 0. The molecule has 3 aromatic rings. The Balaban J connectivity index is 1.77. The number of aromatic hydroxyl groups is 1. The number of rotatable bonds is 1. The monoisotopic (exact) mass is 401 g/mol. The van der Waals surface area contributed by atoms with Crippen LogP contribution in [0.15, 0.2) is 53.5 Å². The van der Waals surface area contributed by atoms with Crippen LogP contribution in [0.4, 0.5) is 0 Å². The largest absolute Gasteiger partial charge is 0.502 e. The third kappa shape index (κ3) is 2.79. The van der Waals surface area contributed by atoms with Crippen molar-refractivity contribution in [1.82, 2.24) is 9.99 Å².